The van der Waals surface area contributed by atoms with Gasteiger partial charge in [-0.3, -0.25) is 9.35 Å². The topological polar surface area (TPSA) is 80.7 Å². The van der Waals surface area contributed by atoms with Gasteiger partial charge in [-0.05, 0) is 6.42 Å². The van der Waals surface area contributed by atoms with Crippen LogP contribution in [0.5, 0.6) is 0 Å². The van der Waals surface area contributed by atoms with Gasteiger partial charge in [-0.1, -0.05) is 13.3 Å². The van der Waals surface area contributed by atoms with Crippen molar-refractivity contribution in [1.29, 1.82) is 0 Å². The lowest BCUT2D eigenvalue weighted by Gasteiger charge is -2.26. The van der Waals surface area contributed by atoms with E-state index in [2.05, 4.69) is 4.74 Å². The number of alkyl halides is 5. The lowest BCUT2D eigenvalue weighted by atomic mass is 10.2. The number of hydrogen-bond donors (Lipinski definition) is 1. The normalized spacial score (nSPS) is 15.1. The van der Waals surface area contributed by atoms with Gasteiger partial charge in [0.05, 0.1) is 0 Å². The fourth-order valence-corrected chi connectivity index (χ4v) is 1.42. The van der Waals surface area contributed by atoms with Gasteiger partial charge < -0.3 is 4.74 Å². The third kappa shape index (κ3) is 4.90. The van der Waals surface area contributed by atoms with E-state index < -0.39 is 40.0 Å². The number of ether oxygens (including phenoxy) is 1. The molecule has 0 spiro atoms. The zero-order valence-electron chi connectivity index (χ0n) is 9.58. The van der Waals surface area contributed by atoms with Crippen molar-refractivity contribution in [1.82, 2.24) is 0 Å². The molecule has 0 heterocycles. The van der Waals surface area contributed by atoms with Gasteiger partial charge in [0.15, 0.2) is 0 Å². The first-order valence-electron chi connectivity index (χ1n) is 4.95. The maximum atomic E-state index is 12.9. The van der Waals surface area contributed by atoms with Crippen molar-refractivity contribution < 1.29 is 44.5 Å². The van der Waals surface area contributed by atoms with Gasteiger partial charge in [0, 0.05) is 6.42 Å². The summed E-state index contributed by atoms with van der Waals surface area (Å²) >= 11 is 0. The predicted molar refractivity (Wildman–Crippen MR) is 52.0 cm³/mol. The zero-order chi connectivity index (χ0) is 15.5. The average molecular weight is 314 g/mol. The first-order valence-corrected chi connectivity index (χ1v) is 6.39. The molecule has 0 aromatic carbocycles. The lowest BCUT2D eigenvalue weighted by molar-refractivity contribution is -0.259. The Labute approximate surface area is 105 Å². The van der Waals surface area contributed by atoms with Gasteiger partial charge in [-0.25, -0.2) is 0 Å². The summed E-state index contributed by atoms with van der Waals surface area (Å²) in [5.74, 6) is -1.63. The number of carbonyl (C=O) groups is 1. The third-order valence-corrected chi connectivity index (χ3v) is 2.83. The van der Waals surface area contributed by atoms with Crippen molar-refractivity contribution in [2.45, 2.75) is 43.7 Å². The summed E-state index contributed by atoms with van der Waals surface area (Å²) in [4.78, 5) is 10.9. The van der Waals surface area contributed by atoms with Gasteiger partial charge in [-0.15, -0.1) is 0 Å². The first kappa shape index (κ1) is 18.0. The number of halogens is 5. The highest BCUT2D eigenvalue weighted by Gasteiger charge is 2.65. The lowest BCUT2D eigenvalue weighted by Crippen LogP contribution is -2.52. The van der Waals surface area contributed by atoms with E-state index in [0.717, 1.165) is 0 Å². The van der Waals surface area contributed by atoms with Gasteiger partial charge in [0.1, 0.15) is 0 Å². The monoisotopic (exact) mass is 314 g/mol. The van der Waals surface area contributed by atoms with E-state index in [1.54, 1.807) is 6.92 Å². The molecule has 0 aromatic rings. The minimum absolute atomic E-state index is 0.0842. The molecule has 0 bridgehead atoms. The summed E-state index contributed by atoms with van der Waals surface area (Å²) in [5, 5.41) is -5.67. The van der Waals surface area contributed by atoms with Crippen LogP contribution in [0.1, 0.15) is 26.2 Å². The Morgan fingerprint density at radius 1 is 1.26 bits per heavy atom. The van der Waals surface area contributed by atoms with Crippen LogP contribution in [0.2, 0.25) is 0 Å². The molecule has 0 radical (unpaired) electrons. The van der Waals surface area contributed by atoms with E-state index in [-0.39, 0.29) is 6.42 Å². The number of carbonyl (C=O) groups excluding carboxylic acids is 1. The summed E-state index contributed by atoms with van der Waals surface area (Å²) in [6.45, 7) is 1.58. The van der Waals surface area contributed by atoms with Crippen LogP contribution in [0.3, 0.4) is 0 Å². The second kappa shape index (κ2) is 5.99. The molecule has 1 N–H and O–H groups in total. The van der Waals surface area contributed by atoms with E-state index in [1.807, 2.05) is 0 Å². The van der Waals surface area contributed by atoms with Crippen molar-refractivity contribution >= 4 is 16.1 Å². The molecule has 0 aromatic heterocycles. The third-order valence-electron chi connectivity index (χ3n) is 1.93. The summed E-state index contributed by atoms with van der Waals surface area (Å²) in [6, 6.07) is 0. The van der Waals surface area contributed by atoms with Gasteiger partial charge in [-0.2, -0.15) is 30.4 Å². The summed E-state index contributed by atoms with van der Waals surface area (Å²) in [6.07, 6.45) is -10.2. The molecular formula is C8H11F5O5S. The molecule has 0 aliphatic heterocycles. The van der Waals surface area contributed by atoms with E-state index in [0.29, 0.717) is 6.42 Å². The maximum absolute atomic E-state index is 12.9. The molecule has 0 amide bonds. The SMILES string of the molecule is CCCCC(=O)OC(C(F)(F)F)C(F)(F)S(=O)(=O)O. The van der Waals surface area contributed by atoms with Crippen LogP contribution in [0.15, 0.2) is 0 Å². The minimum Gasteiger partial charge on any atom is -0.445 e. The number of rotatable bonds is 6. The maximum Gasteiger partial charge on any atom is 0.432 e. The second-order valence-electron chi connectivity index (χ2n) is 3.55. The molecule has 0 aliphatic carbocycles. The molecule has 0 saturated carbocycles. The quantitative estimate of drug-likeness (QED) is 0.461. The molecule has 11 heteroatoms. The van der Waals surface area contributed by atoms with Gasteiger partial charge in [0.25, 0.3) is 6.10 Å². The highest BCUT2D eigenvalue weighted by molar-refractivity contribution is 7.86. The molecule has 1 atom stereocenters. The first-order chi connectivity index (χ1) is 8.34. The molecular weight excluding hydrogens is 303 g/mol. The smallest absolute Gasteiger partial charge is 0.432 e. The fourth-order valence-electron chi connectivity index (χ4n) is 0.973. The molecule has 19 heavy (non-hydrogen) atoms. The summed E-state index contributed by atoms with van der Waals surface area (Å²) in [5.41, 5.74) is 0. The van der Waals surface area contributed by atoms with E-state index in [9.17, 15) is 35.2 Å². The number of unbranched alkanes of at least 4 members (excludes halogenated alkanes) is 1. The standard InChI is InChI=1S/C8H11F5O5S/c1-2-3-4-5(14)18-6(7(9,10)11)8(12,13)19(15,16)17/h6H,2-4H2,1H3,(H,15,16,17). The Morgan fingerprint density at radius 2 is 1.74 bits per heavy atom. The molecule has 0 aliphatic rings. The van der Waals surface area contributed by atoms with Crippen molar-refractivity contribution in [3.05, 3.63) is 0 Å². The van der Waals surface area contributed by atoms with Crippen LogP contribution in [0, 0.1) is 0 Å². The van der Waals surface area contributed by atoms with Crippen molar-refractivity contribution in [3.8, 4) is 0 Å². The van der Waals surface area contributed by atoms with E-state index >= 15 is 0 Å². The Kier molecular flexibility index (Phi) is 5.68. The van der Waals surface area contributed by atoms with Crippen molar-refractivity contribution in [2.24, 2.45) is 0 Å². The van der Waals surface area contributed by atoms with Gasteiger partial charge in [0.2, 0.25) is 0 Å². The van der Waals surface area contributed by atoms with Crippen LogP contribution in [-0.4, -0.2) is 36.5 Å². The zero-order valence-corrected chi connectivity index (χ0v) is 10.4. The average Bonchev–Trinajstić information content (AvgIpc) is 2.19. The molecule has 5 nitrogen and oxygen atoms in total. The highest BCUT2D eigenvalue weighted by Crippen LogP contribution is 2.38. The van der Waals surface area contributed by atoms with Crippen molar-refractivity contribution in [2.75, 3.05) is 0 Å². The molecule has 0 fully saturated rings. The fraction of sp³-hybridized carbons (Fsp3) is 0.875. The Balaban J connectivity index is 5.22. The van der Waals surface area contributed by atoms with Crippen LogP contribution in [-0.2, 0) is 19.6 Å². The Morgan fingerprint density at radius 3 is 2.05 bits per heavy atom. The van der Waals surface area contributed by atoms with E-state index in [4.69, 9.17) is 4.55 Å². The Hall–Kier alpha value is -0.970. The Bertz CT molecular complexity index is 416. The largest absolute Gasteiger partial charge is 0.445 e. The van der Waals surface area contributed by atoms with Crippen LogP contribution in [0.4, 0.5) is 22.0 Å². The highest BCUT2D eigenvalue weighted by atomic mass is 32.2. The molecule has 114 valence electrons. The molecule has 0 saturated heterocycles. The van der Waals surface area contributed by atoms with E-state index in [1.165, 1.54) is 0 Å². The second-order valence-corrected chi connectivity index (χ2v) is 5.05. The number of hydrogen-bond acceptors (Lipinski definition) is 4. The number of esters is 1. The van der Waals surface area contributed by atoms with Crippen LogP contribution < -0.4 is 0 Å². The van der Waals surface area contributed by atoms with Crippen molar-refractivity contribution in [3.63, 3.8) is 0 Å². The molecule has 0 rings (SSSR count). The summed E-state index contributed by atoms with van der Waals surface area (Å²) < 4.78 is 94.8. The van der Waals surface area contributed by atoms with Crippen LogP contribution >= 0.6 is 0 Å². The predicted octanol–water partition coefficient (Wildman–Crippen LogP) is 2.13. The van der Waals surface area contributed by atoms with Gasteiger partial charge >= 0.3 is 27.5 Å². The minimum atomic E-state index is -6.38. The summed E-state index contributed by atoms with van der Waals surface area (Å²) in [7, 11) is -6.38. The molecule has 1 unspecified atom stereocenters. The van der Waals surface area contributed by atoms with Crippen LogP contribution in [0.25, 0.3) is 0 Å².